The fourth-order valence-electron chi connectivity index (χ4n) is 4.26. The van der Waals surface area contributed by atoms with Gasteiger partial charge < -0.3 is 24.1 Å². The standard InChI is InChI=1S/C23H25FN2O5/c1-28-18-8-5-13(11-16(18)24)21-20-15-12-19(29-2)23(31-4)22(30-3)14(15)6-7-17(20)25-26(21)9-10-27/h5,8,11-12,27H,6-7,9-10H2,1-4H3. The second kappa shape index (κ2) is 8.47. The van der Waals surface area contributed by atoms with E-state index in [-0.39, 0.29) is 18.9 Å². The van der Waals surface area contributed by atoms with Crippen molar-refractivity contribution in [3.8, 4) is 45.4 Å². The highest BCUT2D eigenvalue weighted by Gasteiger charge is 2.31. The summed E-state index contributed by atoms with van der Waals surface area (Å²) >= 11 is 0. The molecule has 8 heteroatoms. The number of aliphatic hydroxyl groups excluding tert-OH is 1. The lowest BCUT2D eigenvalue weighted by atomic mass is 9.85. The normalized spacial score (nSPS) is 12.2. The summed E-state index contributed by atoms with van der Waals surface area (Å²) in [7, 11) is 6.18. The monoisotopic (exact) mass is 428 g/mol. The van der Waals surface area contributed by atoms with Crippen molar-refractivity contribution in [1.82, 2.24) is 9.78 Å². The number of ether oxygens (including phenoxy) is 4. The van der Waals surface area contributed by atoms with Gasteiger partial charge in [-0.3, -0.25) is 4.68 Å². The van der Waals surface area contributed by atoms with E-state index in [1.165, 1.54) is 13.2 Å². The van der Waals surface area contributed by atoms with E-state index in [0.29, 0.717) is 35.7 Å². The molecule has 0 spiro atoms. The van der Waals surface area contributed by atoms with E-state index >= 15 is 0 Å². The smallest absolute Gasteiger partial charge is 0.203 e. The van der Waals surface area contributed by atoms with E-state index in [1.807, 2.05) is 6.07 Å². The van der Waals surface area contributed by atoms with Crippen molar-refractivity contribution in [3.63, 3.8) is 0 Å². The third-order valence-corrected chi connectivity index (χ3v) is 5.58. The van der Waals surface area contributed by atoms with Crippen molar-refractivity contribution in [2.24, 2.45) is 0 Å². The van der Waals surface area contributed by atoms with Crippen LogP contribution in [-0.4, -0.2) is 49.9 Å². The number of aromatic nitrogens is 2. The molecule has 0 amide bonds. The highest BCUT2D eigenvalue weighted by atomic mass is 19.1. The van der Waals surface area contributed by atoms with Crippen LogP contribution in [0.15, 0.2) is 24.3 Å². The predicted molar refractivity (Wildman–Crippen MR) is 114 cm³/mol. The van der Waals surface area contributed by atoms with Gasteiger partial charge in [0.25, 0.3) is 0 Å². The van der Waals surface area contributed by atoms with E-state index in [9.17, 15) is 9.50 Å². The van der Waals surface area contributed by atoms with Gasteiger partial charge in [-0.05, 0) is 42.7 Å². The molecule has 164 valence electrons. The highest BCUT2D eigenvalue weighted by molar-refractivity contribution is 5.89. The van der Waals surface area contributed by atoms with Gasteiger partial charge in [-0.2, -0.15) is 5.10 Å². The van der Waals surface area contributed by atoms with Gasteiger partial charge in [-0.25, -0.2) is 4.39 Å². The molecule has 7 nitrogen and oxygen atoms in total. The molecule has 0 saturated heterocycles. The largest absolute Gasteiger partial charge is 0.494 e. The molecule has 1 heterocycles. The predicted octanol–water partition coefficient (Wildman–Crippen LogP) is 3.48. The van der Waals surface area contributed by atoms with Crippen LogP contribution in [0, 0.1) is 5.82 Å². The summed E-state index contributed by atoms with van der Waals surface area (Å²) in [6.45, 7) is 0.198. The first-order valence-electron chi connectivity index (χ1n) is 9.94. The maximum absolute atomic E-state index is 14.6. The molecule has 4 rings (SSSR count). The van der Waals surface area contributed by atoms with E-state index in [4.69, 9.17) is 24.0 Å². The van der Waals surface area contributed by atoms with Gasteiger partial charge in [0.05, 0.1) is 53.0 Å². The zero-order chi connectivity index (χ0) is 22.1. The van der Waals surface area contributed by atoms with Crippen LogP contribution in [-0.2, 0) is 19.4 Å². The molecule has 0 bridgehead atoms. The maximum Gasteiger partial charge on any atom is 0.203 e. The third-order valence-electron chi connectivity index (χ3n) is 5.58. The van der Waals surface area contributed by atoms with Gasteiger partial charge in [0, 0.05) is 16.7 Å². The SMILES string of the molecule is COc1ccc(-c2c3c(nn2CCO)CCc2c-3cc(OC)c(OC)c2OC)cc1F. The van der Waals surface area contributed by atoms with Crippen LogP contribution in [0.1, 0.15) is 11.3 Å². The molecule has 0 atom stereocenters. The Hall–Kier alpha value is -3.26. The van der Waals surface area contributed by atoms with Gasteiger partial charge >= 0.3 is 0 Å². The number of benzene rings is 2. The first-order valence-corrected chi connectivity index (χ1v) is 9.94. The molecule has 0 radical (unpaired) electrons. The van der Waals surface area contributed by atoms with Crippen molar-refractivity contribution < 1.29 is 28.4 Å². The molecule has 1 aromatic heterocycles. The lowest BCUT2D eigenvalue weighted by Crippen LogP contribution is -2.08. The Morgan fingerprint density at radius 1 is 0.968 bits per heavy atom. The molecule has 0 saturated carbocycles. The molecule has 3 aromatic rings. The Labute approximate surface area is 179 Å². The molecule has 0 unspecified atom stereocenters. The van der Waals surface area contributed by atoms with E-state index in [1.54, 1.807) is 38.1 Å². The molecule has 0 fully saturated rings. The Kier molecular flexibility index (Phi) is 5.73. The molecule has 31 heavy (non-hydrogen) atoms. The topological polar surface area (TPSA) is 75.0 Å². The maximum atomic E-state index is 14.6. The summed E-state index contributed by atoms with van der Waals surface area (Å²) in [5.74, 6) is 1.38. The quantitative estimate of drug-likeness (QED) is 0.621. The van der Waals surface area contributed by atoms with Crippen molar-refractivity contribution in [3.05, 3.63) is 41.3 Å². The van der Waals surface area contributed by atoms with Gasteiger partial charge in [-0.1, -0.05) is 0 Å². The minimum atomic E-state index is -0.466. The summed E-state index contributed by atoms with van der Waals surface area (Å²) in [5, 5.41) is 14.3. The van der Waals surface area contributed by atoms with Crippen LogP contribution in [0.3, 0.4) is 0 Å². The minimum absolute atomic E-state index is 0.0890. The van der Waals surface area contributed by atoms with E-state index in [0.717, 1.165) is 28.1 Å². The van der Waals surface area contributed by atoms with Crippen LogP contribution in [0.25, 0.3) is 22.4 Å². The van der Waals surface area contributed by atoms with Gasteiger partial charge in [0.1, 0.15) is 0 Å². The zero-order valence-electron chi connectivity index (χ0n) is 18.0. The summed E-state index contributed by atoms with van der Waals surface area (Å²) < 4.78 is 38.2. The second-order valence-electron chi connectivity index (χ2n) is 7.14. The Morgan fingerprint density at radius 2 is 1.71 bits per heavy atom. The minimum Gasteiger partial charge on any atom is -0.494 e. The third kappa shape index (κ3) is 3.37. The average molecular weight is 428 g/mol. The molecule has 0 aliphatic heterocycles. The number of nitrogens with zero attached hydrogens (tertiary/aromatic N) is 2. The second-order valence-corrected chi connectivity index (χ2v) is 7.14. The Balaban J connectivity index is 2.02. The van der Waals surface area contributed by atoms with Gasteiger partial charge in [-0.15, -0.1) is 0 Å². The molecule has 1 aliphatic carbocycles. The van der Waals surface area contributed by atoms with Crippen molar-refractivity contribution in [1.29, 1.82) is 0 Å². The number of rotatable bonds is 7. The number of fused-ring (bicyclic) bond motifs is 3. The Morgan fingerprint density at radius 3 is 2.32 bits per heavy atom. The first kappa shape index (κ1) is 21.0. The summed E-state index contributed by atoms with van der Waals surface area (Å²) in [6.07, 6.45) is 1.39. The van der Waals surface area contributed by atoms with Crippen molar-refractivity contribution in [2.75, 3.05) is 35.0 Å². The van der Waals surface area contributed by atoms with Gasteiger partial charge in [0.2, 0.25) is 5.75 Å². The van der Waals surface area contributed by atoms with Crippen LogP contribution >= 0.6 is 0 Å². The van der Waals surface area contributed by atoms with Crippen molar-refractivity contribution in [2.45, 2.75) is 19.4 Å². The van der Waals surface area contributed by atoms with Crippen LogP contribution in [0.5, 0.6) is 23.0 Å². The van der Waals surface area contributed by atoms with Gasteiger partial charge in [0.15, 0.2) is 23.1 Å². The first-order chi connectivity index (χ1) is 15.1. The van der Waals surface area contributed by atoms with Crippen LogP contribution < -0.4 is 18.9 Å². The fourth-order valence-corrected chi connectivity index (χ4v) is 4.26. The lowest BCUT2D eigenvalue weighted by Gasteiger charge is -2.23. The highest BCUT2D eigenvalue weighted by Crippen LogP contribution is 2.50. The number of methoxy groups -OCH3 is 4. The number of aryl methyl sites for hydroxylation is 1. The average Bonchev–Trinajstić information content (AvgIpc) is 3.16. The van der Waals surface area contributed by atoms with Crippen molar-refractivity contribution >= 4 is 0 Å². The molecule has 1 N–H and O–H groups in total. The number of hydrogen-bond donors (Lipinski definition) is 1. The van der Waals surface area contributed by atoms with Crippen LogP contribution in [0.2, 0.25) is 0 Å². The van der Waals surface area contributed by atoms with E-state index < -0.39 is 5.82 Å². The summed E-state index contributed by atoms with van der Waals surface area (Å²) in [4.78, 5) is 0. The fraction of sp³-hybridized carbons (Fsp3) is 0.348. The molecule has 1 aliphatic rings. The molecule has 2 aromatic carbocycles. The number of halogens is 1. The van der Waals surface area contributed by atoms with E-state index in [2.05, 4.69) is 0 Å². The number of aliphatic hydroxyl groups is 1. The molecular weight excluding hydrogens is 403 g/mol. The Bertz CT molecular complexity index is 1130. The number of hydrogen-bond acceptors (Lipinski definition) is 6. The lowest BCUT2D eigenvalue weighted by molar-refractivity contribution is 0.270. The summed E-state index contributed by atoms with van der Waals surface area (Å²) in [5.41, 5.74) is 4.99. The molecular formula is C23H25FN2O5. The zero-order valence-corrected chi connectivity index (χ0v) is 18.0. The van der Waals surface area contributed by atoms with Crippen LogP contribution in [0.4, 0.5) is 4.39 Å². The summed E-state index contributed by atoms with van der Waals surface area (Å²) in [6, 6.07) is 6.71.